The second-order valence-corrected chi connectivity index (χ2v) is 5.29. The maximum absolute atomic E-state index is 3.58. The van der Waals surface area contributed by atoms with E-state index in [1.807, 2.05) is 0 Å². The van der Waals surface area contributed by atoms with Gasteiger partial charge in [-0.3, -0.25) is 0 Å². The molecular weight excluding hydrogens is 186 g/mol. The van der Waals surface area contributed by atoms with Crippen LogP contribution in [0.5, 0.6) is 0 Å². The summed E-state index contributed by atoms with van der Waals surface area (Å²) < 4.78 is 0. The summed E-state index contributed by atoms with van der Waals surface area (Å²) in [5.41, 5.74) is 0. The van der Waals surface area contributed by atoms with Crippen molar-refractivity contribution in [2.75, 3.05) is 40.3 Å². The number of likely N-dealkylation sites (N-methyl/N-ethyl adjacent to an activating group) is 1. The molecule has 0 bridgehead atoms. The minimum absolute atomic E-state index is 0.793. The van der Waals surface area contributed by atoms with E-state index in [2.05, 4.69) is 29.2 Å². The Balaban J connectivity index is 1.64. The molecule has 2 unspecified atom stereocenters. The Hall–Kier alpha value is -0.120. The van der Waals surface area contributed by atoms with Crippen LogP contribution in [0.3, 0.4) is 0 Å². The van der Waals surface area contributed by atoms with Crippen molar-refractivity contribution in [2.45, 2.75) is 37.8 Å². The first-order valence-corrected chi connectivity index (χ1v) is 6.38. The summed E-state index contributed by atoms with van der Waals surface area (Å²) in [6.07, 6.45) is 5.47. The first kappa shape index (κ1) is 11.4. The molecular formula is C12H25N3. The Morgan fingerprint density at radius 2 is 2.20 bits per heavy atom. The molecule has 0 aromatic carbocycles. The first-order valence-electron chi connectivity index (χ1n) is 6.38. The van der Waals surface area contributed by atoms with Crippen molar-refractivity contribution in [3.63, 3.8) is 0 Å². The zero-order valence-electron chi connectivity index (χ0n) is 10.2. The molecule has 0 aromatic heterocycles. The molecule has 2 rings (SSSR count). The zero-order chi connectivity index (χ0) is 10.7. The fourth-order valence-corrected chi connectivity index (χ4v) is 2.78. The lowest BCUT2D eigenvalue weighted by Gasteiger charge is -2.21. The van der Waals surface area contributed by atoms with E-state index >= 15 is 0 Å². The van der Waals surface area contributed by atoms with Gasteiger partial charge in [0.1, 0.15) is 0 Å². The molecule has 3 heteroatoms. The lowest BCUT2D eigenvalue weighted by molar-refractivity contribution is 0.261. The highest BCUT2D eigenvalue weighted by Gasteiger charge is 2.24. The fourth-order valence-electron chi connectivity index (χ4n) is 2.78. The van der Waals surface area contributed by atoms with Crippen molar-refractivity contribution in [1.82, 2.24) is 15.1 Å². The van der Waals surface area contributed by atoms with Crippen LogP contribution in [0, 0.1) is 0 Å². The molecule has 3 nitrogen and oxygen atoms in total. The second kappa shape index (κ2) is 5.28. The number of hydrogen-bond acceptors (Lipinski definition) is 3. The van der Waals surface area contributed by atoms with Crippen molar-refractivity contribution >= 4 is 0 Å². The van der Waals surface area contributed by atoms with Gasteiger partial charge in [-0.1, -0.05) is 0 Å². The molecule has 2 heterocycles. The lowest BCUT2D eigenvalue weighted by atomic mass is 10.1. The Morgan fingerprint density at radius 1 is 1.33 bits per heavy atom. The van der Waals surface area contributed by atoms with Crippen LogP contribution in [-0.4, -0.2) is 62.2 Å². The number of nitrogens with one attached hydrogen (secondary N) is 1. The SMILES string of the molecule is CN(C)C1CCN(CCC2CCCN2)C1. The molecule has 0 radical (unpaired) electrons. The van der Waals surface area contributed by atoms with Crippen LogP contribution < -0.4 is 5.32 Å². The molecule has 2 atom stereocenters. The van der Waals surface area contributed by atoms with E-state index in [0.29, 0.717) is 0 Å². The van der Waals surface area contributed by atoms with E-state index in [1.54, 1.807) is 0 Å². The number of rotatable bonds is 4. The van der Waals surface area contributed by atoms with Gasteiger partial charge in [-0.05, 0) is 59.4 Å². The van der Waals surface area contributed by atoms with E-state index in [9.17, 15) is 0 Å². The van der Waals surface area contributed by atoms with Crippen molar-refractivity contribution in [2.24, 2.45) is 0 Å². The van der Waals surface area contributed by atoms with Crippen LogP contribution in [0.2, 0.25) is 0 Å². The largest absolute Gasteiger partial charge is 0.314 e. The van der Waals surface area contributed by atoms with Gasteiger partial charge in [0.15, 0.2) is 0 Å². The van der Waals surface area contributed by atoms with Gasteiger partial charge in [-0.15, -0.1) is 0 Å². The third kappa shape index (κ3) is 3.16. The highest BCUT2D eigenvalue weighted by atomic mass is 15.2. The molecule has 2 saturated heterocycles. The molecule has 2 aliphatic rings. The number of nitrogens with zero attached hydrogens (tertiary/aromatic N) is 2. The molecule has 0 saturated carbocycles. The van der Waals surface area contributed by atoms with Crippen molar-refractivity contribution in [3.8, 4) is 0 Å². The topological polar surface area (TPSA) is 18.5 Å². The van der Waals surface area contributed by atoms with Crippen LogP contribution in [0.4, 0.5) is 0 Å². The van der Waals surface area contributed by atoms with Crippen LogP contribution in [-0.2, 0) is 0 Å². The third-order valence-corrected chi connectivity index (χ3v) is 3.93. The molecule has 0 aromatic rings. The predicted molar refractivity (Wildman–Crippen MR) is 64.2 cm³/mol. The number of likely N-dealkylation sites (tertiary alicyclic amines) is 1. The van der Waals surface area contributed by atoms with Gasteiger partial charge < -0.3 is 15.1 Å². The molecule has 0 aliphatic carbocycles. The number of hydrogen-bond donors (Lipinski definition) is 1. The highest BCUT2D eigenvalue weighted by Crippen LogP contribution is 2.15. The molecule has 1 N–H and O–H groups in total. The van der Waals surface area contributed by atoms with E-state index in [-0.39, 0.29) is 0 Å². The second-order valence-electron chi connectivity index (χ2n) is 5.29. The van der Waals surface area contributed by atoms with Gasteiger partial charge in [0.05, 0.1) is 0 Å². The van der Waals surface area contributed by atoms with Crippen molar-refractivity contribution in [1.29, 1.82) is 0 Å². The predicted octanol–water partition coefficient (Wildman–Crippen LogP) is 0.764. The fraction of sp³-hybridized carbons (Fsp3) is 1.00. The van der Waals surface area contributed by atoms with Gasteiger partial charge >= 0.3 is 0 Å². The molecule has 0 spiro atoms. The Labute approximate surface area is 93.8 Å². The summed E-state index contributed by atoms with van der Waals surface area (Å²) in [6.45, 7) is 5.11. The smallest absolute Gasteiger partial charge is 0.0229 e. The maximum Gasteiger partial charge on any atom is 0.0229 e. The lowest BCUT2D eigenvalue weighted by Crippen LogP contribution is -2.33. The average molecular weight is 211 g/mol. The molecule has 88 valence electrons. The summed E-state index contributed by atoms with van der Waals surface area (Å²) in [5, 5.41) is 3.58. The molecule has 15 heavy (non-hydrogen) atoms. The summed E-state index contributed by atoms with van der Waals surface area (Å²) >= 11 is 0. The Morgan fingerprint density at radius 3 is 2.80 bits per heavy atom. The van der Waals surface area contributed by atoms with Gasteiger partial charge in [0.2, 0.25) is 0 Å². The van der Waals surface area contributed by atoms with Gasteiger partial charge in [0, 0.05) is 18.6 Å². The van der Waals surface area contributed by atoms with Crippen LogP contribution in [0.15, 0.2) is 0 Å². The summed E-state index contributed by atoms with van der Waals surface area (Å²) in [5.74, 6) is 0. The molecule has 2 aliphatic heterocycles. The quantitative estimate of drug-likeness (QED) is 0.741. The molecule has 0 amide bonds. The van der Waals surface area contributed by atoms with Gasteiger partial charge in [-0.2, -0.15) is 0 Å². The van der Waals surface area contributed by atoms with Crippen LogP contribution >= 0.6 is 0 Å². The van der Waals surface area contributed by atoms with E-state index < -0.39 is 0 Å². The van der Waals surface area contributed by atoms with E-state index in [1.165, 1.54) is 51.9 Å². The normalized spacial score (nSPS) is 33.0. The summed E-state index contributed by atoms with van der Waals surface area (Å²) in [4.78, 5) is 5.00. The van der Waals surface area contributed by atoms with Crippen LogP contribution in [0.1, 0.15) is 25.7 Å². The Kier molecular flexibility index (Phi) is 4.00. The van der Waals surface area contributed by atoms with Crippen molar-refractivity contribution in [3.05, 3.63) is 0 Å². The van der Waals surface area contributed by atoms with Gasteiger partial charge in [-0.25, -0.2) is 0 Å². The summed E-state index contributed by atoms with van der Waals surface area (Å²) in [7, 11) is 4.40. The highest BCUT2D eigenvalue weighted by molar-refractivity contribution is 4.82. The maximum atomic E-state index is 3.58. The minimum atomic E-state index is 0.793. The Bertz CT molecular complexity index is 187. The van der Waals surface area contributed by atoms with Crippen molar-refractivity contribution < 1.29 is 0 Å². The summed E-state index contributed by atoms with van der Waals surface area (Å²) in [6, 6.07) is 1.60. The standard InChI is InChI=1S/C12H25N3/c1-14(2)12-6-9-15(10-12)8-5-11-4-3-7-13-11/h11-13H,3-10H2,1-2H3. The molecule has 2 fully saturated rings. The van der Waals surface area contributed by atoms with E-state index in [0.717, 1.165) is 12.1 Å². The minimum Gasteiger partial charge on any atom is -0.314 e. The van der Waals surface area contributed by atoms with Crippen LogP contribution in [0.25, 0.3) is 0 Å². The monoisotopic (exact) mass is 211 g/mol. The zero-order valence-corrected chi connectivity index (χ0v) is 10.2. The van der Waals surface area contributed by atoms with E-state index in [4.69, 9.17) is 0 Å². The van der Waals surface area contributed by atoms with Gasteiger partial charge in [0.25, 0.3) is 0 Å². The third-order valence-electron chi connectivity index (χ3n) is 3.93. The first-order chi connectivity index (χ1) is 7.25. The average Bonchev–Trinajstić information content (AvgIpc) is 2.86.